The van der Waals surface area contributed by atoms with Crippen LogP contribution in [0, 0.1) is 5.82 Å². The van der Waals surface area contributed by atoms with Gasteiger partial charge in [-0.2, -0.15) is 0 Å². The normalized spacial score (nSPS) is 12.4. The highest BCUT2D eigenvalue weighted by Crippen LogP contribution is 2.29. The topological polar surface area (TPSA) is 22.1 Å². The molecule has 18 heavy (non-hydrogen) atoms. The van der Waals surface area contributed by atoms with Crippen molar-refractivity contribution < 1.29 is 9.13 Å². The van der Waals surface area contributed by atoms with Crippen LogP contribution in [0.5, 0.6) is 5.75 Å². The molecular formula is C12H10Cl2FNOS. The van der Waals surface area contributed by atoms with Gasteiger partial charge in [0, 0.05) is 5.38 Å². The molecule has 0 aliphatic heterocycles. The van der Waals surface area contributed by atoms with E-state index >= 15 is 0 Å². The predicted molar refractivity (Wildman–Crippen MR) is 72.1 cm³/mol. The van der Waals surface area contributed by atoms with Crippen molar-refractivity contribution in [3.05, 3.63) is 45.1 Å². The van der Waals surface area contributed by atoms with Crippen LogP contribution < -0.4 is 4.74 Å². The molecule has 0 aliphatic carbocycles. The molecule has 0 bridgehead atoms. The fraction of sp³-hybridized carbons (Fsp3) is 0.250. The lowest BCUT2D eigenvalue weighted by Gasteiger charge is -2.13. The van der Waals surface area contributed by atoms with Crippen LogP contribution in [-0.2, 0) is 5.88 Å². The maximum Gasteiger partial charge on any atom is 0.183 e. The lowest BCUT2D eigenvalue weighted by Crippen LogP contribution is -2.04. The first-order valence-corrected chi connectivity index (χ1v) is 7.02. The molecule has 96 valence electrons. The van der Waals surface area contributed by atoms with Gasteiger partial charge in [0.25, 0.3) is 0 Å². The van der Waals surface area contributed by atoms with E-state index in [2.05, 4.69) is 4.98 Å². The predicted octanol–water partition coefficient (Wildman–Crippen LogP) is 4.81. The molecule has 0 saturated carbocycles. The van der Waals surface area contributed by atoms with Crippen LogP contribution >= 0.6 is 34.5 Å². The fourth-order valence-corrected chi connectivity index (χ4v) is 2.58. The summed E-state index contributed by atoms with van der Waals surface area (Å²) >= 11 is 12.8. The first-order valence-electron chi connectivity index (χ1n) is 5.22. The Bertz CT molecular complexity index is 547. The molecule has 0 fully saturated rings. The average Bonchev–Trinajstić information content (AvgIpc) is 2.83. The van der Waals surface area contributed by atoms with Crippen molar-refractivity contribution in [3.63, 3.8) is 0 Å². The molecule has 0 spiro atoms. The summed E-state index contributed by atoms with van der Waals surface area (Å²) < 4.78 is 19.2. The number of hydrogen-bond acceptors (Lipinski definition) is 3. The number of nitrogens with zero attached hydrogens (tertiary/aromatic N) is 1. The van der Waals surface area contributed by atoms with Crippen molar-refractivity contribution in [3.8, 4) is 5.75 Å². The molecule has 2 rings (SSSR count). The van der Waals surface area contributed by atoms with Gasteiger partial charge < -0.3 is 4.74 Å². The zero-order valence-electron chi connectivity index (χ0n) is 9.49. The number of hydrogen-bond donors (Lipinski definition) is 0. The standard InChI is InChI=1S/C12H10Cl2FNOS/c1-7(12-16-8(5-13)6-18-12)17-10-4-2-3-9(14)11(10)15/h2-4,6-7H,5H2,1H3. The van der Waals surface area contributed by atoms with Crippen LogP contribution in [0.1, 0.15) is 23.7 Å². The van der Waals surface area contributed by atoms with Gasteiger partial charge in [-0.25, -0.2) is 9.37 Å². The van der Waals surface area contributed by atoms with E-state index < -0.39 is 5.82 Å². The summed E-state index contributed by atoms with van der Waals surface area (Å²) in [5.74, 6) is -0.0767. The minimum absolute atomic E-state index is 0.0419. The van der Waals surface area contributed by atoms with E-state index in [0.29, 0.717) is 5.88 Å². The van der Waals surface area contributed by atoms with Gasteiger partial charge in [0.05, 0.1) is 16.6 Å². The number of alkyl halides is 1. The average molecular weight is 306 g/mol. The highest BCUT2D eigenvalue weighted by Gasteiger charge is 2.15. The van der Waals surface area contributed by atoms with Crippen LogP contribution in [0.3, 0.4) is 0 Å². The van der Waals surface area contributed by atoms with Crippen molar-refractivity contribution >= 4 is 34.5 Å². The zero-order chi connectivity index (χ0) is 13.1. The van der Waals surface area contributed by atoms with E-state index in [1.807, 2.05) is 5.38 Å². The Balaban J connectivity index is 2.15. The van der Waals surface area contributed by atoms with Crippen molar-refractivity contribution in [2.45, 2.75) is 18.9 Å². The van der Waals surface area contributed by atoms with E-state index in [-0.39, 0.29) is 16.9 Å². The minimum Gasteiger partial charge on any atom is -0.480 e. The van der Waals surface area contributed by atoms with Gasteiger partial charge in [-0.1, -0.05) is 17.7 Å². The molecular weight excluding hydrogens is 296 g/mol. The van der Waals surface area contributed by atoms with Gasteiger partial charge in [0.1, 0.15) is 11.1 Å². The highest BCUT2D eigenvalue weighted by atomic mass is 35.5. The van der Waals surface area contributed by atoms with Crippen LogP contribution in [-0.4, -0.2) is 4.98 Å². The number of ether oxygens (including phenoxy) is 1. The monoisotopic (exact) mass is 305 g/mol. The molecule has 1 aromatic heterocycles. The number of thiazole rings is 1. The largest absolute Gasteiger partial charge is 0.480 e. The fourth-order valence-electron chi connectivity index (χ4n) is 1.39. The summed E-state index contributed by atoms with van der Waals surface area (Å²) in [7, 11) is 0. The third kappa shape index (κ3) is 2.94. The van der Waals surface area contributed by atoms with E-state index in [0.717, 1.165) is 10.7 Å². The number of halogens is 3. The quantitative estimate of drug-likeness (QED) is 0.756. The van der Waals surface area contributed by atoms with Crippen LogP contribution in [0.15, 0.2) is 23.6 Å². The van der Waals surface area contributed by atoms with Crippen molar-refractivity contribution in [2.24, 2.45) is 0 Å². The number of aromatic nitrogens is 1. The molecule has 1 unspecified atom stereocenters. The summed E-state index contributed by atoms with van der Waals surface area (Å²) in [5, 5.41) is 2.65. The maximum atomic E-state index is 13.7. The molecule has 6 heteroatoms. The second-order valence-corrected chi connectivity index (χ2v) is 5.19. The number of rotatable bonds is 4. The van der Waals surface area contributed by atoms with E-state index in [1.54, 1.807) is 13.0 Å². The molecule has 2 aromatic rings. The van der Waals surface area contributed by atoms with Gasteiger partial charge in [0.2, 0.25) is 0 Å². The van der Waals surface area contributed by atoms with E-state index in [1.165, 1.54) is 23.5 Å². The van der Waals surface area contributed by atoms with Crippen LogP contribution in [0.25, 0.3) is 0 Å². The zero-order valence-corrected chi connectivity index (χ0v) is 11.8. The number of benzene rings is 1. The molecule has 1 aromatic carbocycles. The van der Waals surface area contributed by atoms with Gasteiger partial charge in [0.15, 0.2) is 11.6 Å². The summed E-state index contributed by atoms with van der Waals surface area (Å²) in [5.41, 5.74) is 0.790. The Hall–Kier alpha value is -0.840. The van der Waals surface area contributed by atoms with Crippen molar-refractivity contribution in [1.29, 1.82) is 0 Å². The molecule has 2 nitrogen and oxygen atoms in total. The third-order valence-corrected chi connectivity index (χ3v) is 3.89. The highest BCUT2D eigenvalue weighted by molar-refractivity contribution is 7.09. The smallest absolute Gasteiger partial charge is 0.183 e. The van der Waals surface area contributed by atoms with Crippen molar-refractivity contribution in [1.82, 2.24) is 4.98 Å². The van der Waals surface area contributed by atoms with Gasteiger partial charge in [-0.15, -0.1) is 22.9 Å². The second kappa shape index (κ2) is 5.87. The van der Waals surface area contributed by atoms with Crippen LogP contribution in [0.4, 0.5) is 4.39 Å². The molecule has 0 saturated heterocycles. The Labute approximate surface area is 118 Å². The van der Waals surface area contributed by atoms with Crippen LogP contribution in [0.2, 0.25) is 5.02 Å². The Morgan fingerprint density at radius 3 is 2.94 bits per heavy atom. The Morgan fingerprint density at radius 1 is 1.50 bits per heavy atom. The molecule has 0 radical (unpaired) electrons. The summed E-state index contributed by atoms with van der Waals surface area (Å²) in [6.45, 7) is 1.80. The Morgan fingerprint density at radius 2 is 2.28 bits per heavy atom. The molecule has 0 N–H and O–H groups in total. The van der Waals surface area contributed by atoms with E-state index in [4.69, 9.17) is 27.9 Å². The Kier molecular flexibility index (Phi) is 4.43. The second-order valence-electron chi connectivity index (χ2n) is 3.62. The SMILES string of the molecule is CC(Oc1cccc(Cl)c1F)c1nc(CCl)cs1. The minimum atomic E-state index is -0.555. The lowest BCUT2D eigenvalue weighted by atomic mass is 10.3. The molecule has 1 heterocycles. The molecule has 0 aliphatic rings. The van der Waals surface area contributed by atoms with Gasteiger partial charge >= 0.3 is 0 Å². The third-order valence-electron chi connectivity index (χ3n) is 2.27. The van der Waals surface area contributed by atoms with E-state index in [9.17, 15) is 4.39 Å². The van der Waals surface area contributed by atoms with Gasteiger partial charge in [-0.05, 0) is 19.1 Å². The lowest BCUT2D eigenvalue weighted by molar-refractivity contribution is 0.216. The first-order chi connectivity index (χ1) is 8.61. The van der Waals surface area contributed by atoms with Gasteiger partial charge in [-0.3, -0.25) is 0 Å². The summed E-state index contributed by atoms with van der Waals surface area (Å²) in [6, 6.07) is 4.65. The molecule has 1 atom stereocenters. The molecule has 0 amide bonds. The van der Waals surface area contributed by atoms with Crippen molar-refractivity contribution in [2.75, 3.05) is 0 Å². The first kappa shape index (κ1) is 13.6. The maximum absolute atomic E-state index is 13.7. The summed E-state index contributed by atoms with van der Waals surface area (Å²) in [6.07, 6.45) is -0.347. The summed E-state index contributed by atoms with van der Waals surface area (Å²) in [4.78, 5) is 4.28.